The summed E-state index contributed by atoms with van der Waals surface area (Å²) in [6.07, 6.45) is 0.716. The zero-order valence-corrected chi connectivity index (χ0v) is 4.77. The molecule has 0 heterocycles. The van der Waals surface area contributed by atoms with Crippen LogP contribution >= 0.6 is 0 Å². The van der Waals surface area contributed by atoms with Gasteiger partial charge in [-0.15, -0.1) is 0 Å². The molecule has 0 saturated carbocycles. The van der Waals surface area contributed by atoms with Gasteiger partial charge in [0.1, 0.15) is 7.11 Å². The minimum absolute atomic E-state index is 0.716. The van der Waals surface area contributed by atoms with E-state index in [4.69, 9.17) is 0 Å². The third-order valence-corrected chi connectivity index (χ3v) is 0.609. The van der Waals surface area contributed by atoms with E-state index in [-0.39, 0.29) is 0 Å². The average molecular weight is 100 g/mol. The monoisotopic (exact) mass is 100 g/mol. The Balaban J connectivity index is 3.29. The molecular weight excluding hydrogens is 90.1 g/mol. The van der Waals surface area contributed by atoms with Crippen LogP contribution in [0.2, 0.25) is 0 Å². The first kappa shape index (κ1) is 6.47. The van der Waals surface area contributed by atoms with Crippen molar-refractivity contribution in [3.05, 3.63) is 6.92 Å². The molecule has 0 aliphatic rings. The van der Waals surface area contributed by atoms with Crippen molar-refractivity contribution in [3.63, 3.8) is 0 Å². The first-order chi connectivity index (χ1) is 3.31. The summed E-state index contributed by atoms with van der Waals surface area (Å²) >= 11 is 0. The number of hydrogen-bond acceptors (Lipinski definition) is 2. The highest BCUT2D eigenvalue weighted by molar-refractivity contribution is 5.81. The average Bonchev–Trinajstić information content (AvgIpc) is 1.68. The number of oxime groups is 1. The standard InChI is InChI=1S/C5H10NO/c1-4-5(2)6-7-3/h1,4H2,2-3H3/b6-5-. The predicted molar refractivity (Wildman–Crippen MR) is 30.1 cm³/mol. The second-order valence-corrected chi connectivity index (χ2v) is 1.26. The molecule has 41 valence electrons. The zero-order valence-electron chi connectivity index (χ0n) is 4.77. The molecule has 0 aliphatic carbocycles. The van der Waals surface area contributed by atoms with Gasteiger partial charge in [-0.2, -0.15) is 0 Å². The fourth-order valence-electron chi connectivity index (χ4n) is 0.201. The van der Waals surface area contributed by atoms with E-state index < -0.39 is 0 Å². The van der Waals surface area contributed by atoms with Crippen LogP contribution in [0.1, 0.15) is 13.3 Å². The van der Waals surface area contributed by atoms with Crippen LogP contribution in [-0.2, 0) is 4.84 Å². The Bertz CT molecular complexity index is 68.5. The quantitative estimate of drug-likeness (QED) is 0.378. The highest BCUT2D eigenvalue weighted by Gasteiger charge is 1.80. The Morgan fingerprint density at radius 1 is 1.86 bits per heavy atom. The van der Waals surface area contributed by atoms with Crippen molar-refractivity contribution in [1.82, 2.24) is 0 Å². The molecule has 0 bridgehead atoms. The molecule has 7 heavy (non-hydrogen) atoms. The highest BCUT2D eigenvalue weighted by atomic mass is 16.6. The van der Waals surface area contributed by atoms with E-state index in [0.717, 1.165) is 5.71 Å². The smallest absolute Gasteiger partial charge is 0.106 e. The summed E-state index contributed by atoms with van der Waals surface area (Å²) in [6.45, 7) is 5.46. The van der Waals surface area contributed by atoms with Gasteiger partial charge in [-0.3, -0.25) is 0 Å². The SMILES string of the molecule is [CH2]C/C(C)=N\OC. The molecule has 2 heteroatoms. The number of nitrogens with zero attached hydrogens (tertiary/aromatic N) is 1. The van der Waals surface area contributed by atoms with Crippen LogP contribution in [0.5, 0.6) is 0 Å². The second kappa shape index (κ2) is 3.65. The molecule has 0 N–H and O–H groups in total. The second-order valence-electron chi connectivity index (χ2n) is 1.26. The Morgan fingerprint density at radius 3 is 2.57 bits per heavy atom. The van der Waals surface area contributed by atoms with Gasteiger partial charge in [-0.1, -0.05) is 5.16 Å². The fourth-order valence-corrected chi connectivity index (χ4v) is 0.201. The van der Waals surface area contributed by atoms with Crippen LogP contribution in [-0.4, -0.2) is 12.8 Å². The first-order valence-corrected chi connectivity index (χ1v) is 2.17. The van der Waals surface area contributed by atoms with Gasteiger partial charge in [0.2, 0.25) is 0 Å². The lowest BCUT2D eigenvalue weighted by atomic mass is 10.3. The predicted octanol–water partition coefficient (Wildman–Crippen LogP) is 1.23. The lowest BCUT2D eigenvalue weighted by Gasteiger charge is -1.88. The molecule has 0 spiro atoms. The number of hydrogen-bond donors (Lipinski definition) is 0. The molecule has 0 saturated heterocycles. The van der Waals surface area contributed by atoms with E-state index in [1.165, 1.54) is 7.11 Å². The van der Waals surface area contributed by atoms with Gasteiger partial charge in [-0.25, -0.2) is 0 Å². The van der Waals surface area contributed by atoms with Crippen LogP contribution in [0, 0.1) is 6.92 Å². The van der Waals surface area contributed by atoms with Gasteiger partial charge in [0.05, 0.1) is 5.71 Å². The van der Waals surface area contributed by atoms with E-state index in [0.29, 0.717) is 6.42 Å². The van der Waals surface area contributed by atoms with Crippen molar-refractivity contribution >= 4 is 5.71 Å². The molecule has 0 rings (SSSR count). The lowest BCUT2D eigenvalue weighted by molar-refractivity contribution is 0.212. The molecule has 0 aliphatic heterocycles. The fraction of sp³-hybridized carbons (Fsp3) is 0.600. The summed E-state index contributed by atoms with van der Waals surface area (Å²) in [6, 6.07) is 0. The minimum Gasteiger partial charge on any atom is -0.399 e. The van der Waals surface area contributed by atoms with Crippen molar-refractivity contribution in [3.8, 4) is 0 Å². The van der Waals surface area contributed by atoms with Crippen molar-refractivity contribution in [2.75, 3.05) is 7.11 Å². The normalized spacial score (nSPS) is 11.6. The van der Waals surface area contributed by atoms with E-state index >= 15 is 0 Å². The summed E-state index contributed by atoms with van der Waals surface area (Å²) < 4.78 is 0. The molecule has 0 aromatic heterocycles. The summed E-state index contributed by atoms with van der Waals surface area (Å²) in [5, 5.41) is 3.60. The molecule has 0 aromatic carbocycles. The van der Waals surface area contributed by atoms with Gasteiger partial charge >= 0.3 is 0 Å². The molecule has 0 atom stereocenters. The Hall–Kier alpha value is -0.530. The Morgan fingerprint density at radius 2 is 2.43 bits per heavy atom. The topological polar surface area (TPSA) is 21.6 Å². The van der Waals surface area contributed by atoms with Gasteiger partial charge in [0, 0.05) is 0 Å². The molecule has 0 aromatic rings. The van der Waals surface area contributed by atoms with Crippen LogP contribution < -0.4 is 0 Å². The largest absolute Gasteiger partial charge is 0.399 e. The van der Waals surface area contributed by atoms with Gasteiger partial charge in [-0.05, 0) is 20.3 Å². The van der Waals surface area contributed by atoms with E-state index in [2.05, 4.69) is 16.9 Å². The van der Waals surface area contributed by atoms with Crippen LogP contribution in [0.4, 0.5) is 0 Å². The summed E-state index contributed by atoms with van der Waals surface area (Å²) in [4.78, 5) is 4.44. The zero-order chi connectivity index (χ0) is 5.70. The summed E-state index contributed by atoms with van der Waals surface area (Å²) in [5.74, 6) is 0. The molecular formula is C5H10NO. The van der Waals surface area contributed by atoms with Crippen molar-refractivity contribution in [2.45, 2.75) is 13.3 Å². The maximum absolute atomic E-state index is 4.44. The van der Waals surface area contributed by atoms with Crippen LogP contribution in [0.15, 0.2) is 5.16 Å². The molecule has 1 radical (unpaired) electrons. The minimum atomic E-state index is 0.716. The lowest BCUT2D eigenvalue weighted by Crippen LogP contribution is -1.86. The molecule has 2 nitrogen and oxygen atoms in total. The number of rotatable bonds is 2. The van der Waals surface area contributed by atoms with E-state index in [1.807, 2.05) is 6.92 Å². The summed E-state index contributed by atoms with van der Waals surface area (Å²) in [5.41, 5.74) is 0.919. The molecule has 0 unspecified atom stereocenters. The van der Waals surface area contributed by atoms with E-state index in [9.17, 15) is 0 Å². The van der Waals surface area contributed by atoms with Gasteiger partial charge in [0.25, 0.3) is 0 Å². The Labute approximate surface area is 44.2 Å². The van der Waals surface area contributed by atoms with Gasteiger partial charge < -0.3 is 4.84 Å². The maximum atomic E-state index is 4.44. The first-order valence-electron chi connectivity index (χ1n) is 2.17. The highest BCUT2D eigenvalue weighted by Crippen LogP contribution is 1.81. The van der Waals surface area contributed by atoms with Crippen molar-refractivity contribution < 1.29 is 4.84 Å². The van der Waals surface area contributed by atoms with Crippen molar-refractivity contribution in [1.29, 1.82) is 0 Å². The molecule has 0 amide bonds. The molecule has 0 fully saturated rings. The third-order valence-electron chi connectivity index (χ3n) is 0.609. The van der Waals surface area contributed by atoms with Gasteiger partial charge in [0.15, 0.2) is 0 Å². The van der Waals surface area contributed by atoms with Crippen LogP contribution in [0.25, 0.3) is 0 Å². The third kappa shape index (κ3) is 3.30. The maximum Gasteiger partial charge on any atom is 0.106 e. The summed E-state index contributed by atoms with van der Waals surface area (Å²) in [7, 11) is 1.53. The van der Waals surface area contributed by atoms with E-state index in [1.54, 1.807) is 0 Å². The van der Waals surface area contributed by atoms with Crippen LogP contribution in [0.3, 0.4) is 0 Å². The van der Waals surface area contributed by atoms with Crippen molar-refractivity contribution in [2.24, 2.45) is 5.16 Å². The Kier molecular flexibility index (Phi) is 3.38.